The number of rotatable bonds is 1. The summed E-state index contributed by atoms with van der Waals surface area (Å²) >= 11 is 7.42. The van der Waals surface area contributed by atoms with Gasteiger partial charge in [-0.2, -0.15) is 5.26 Å². The van der Waals surface area contributed by atoms with E-state index in [1.807, 2.05) is 24.3 Å². The van der Waals surface area contributed by atoms with Crippen LogP contribution in [-0.2, 0) is 0 Å². The first kappa shape index (κ1) is 12.0. The molecule has 0 unspecified atom stereocenters. The van der Waals surface area contributed by atoms with Crippen LogP contribution in [-0.4, -0.2) is 0 Å². The molecule has 0 N–H and O–H groups in total. The maximum Gasteiger partial charge on any atom is 0.355 e. The quantitative estimate of drug-likeness (QED) is 0.823. The summed E-state index contributed by atoms with van der Waals surface area (Å²) in [6, 6.07) is 10.6. The summed E-state index contributed by atoms with van der Waals surface area (Å²) in [5.74, 6) is 0.395. The van der Waals surface area contributed by atoms with E-state index in [-0.39, 0.29) is 5.56 Å². The van der Waals surface area contributed by atoms with Gasteiger partial charge in [0.25, 0.3) is 0 Å². The number of thiol groups is 1. The lowest BCUT2D eigenvalue weighted by molar-refractivity contribution is 0.519. The van der Waals surface area contributed by atoms with Crippen molar-refractivity contribution in [3.63, 3.8) is 0 Å². The fourth-order valence-electron chi connectivity index (χ4n) is 1.34. The lowest BCUT2D eigenvalue weighted by Gasteiger charge is -2.02. The van der Waals surface area contributed by atoms with Gasteiger partial charge in [-0.05, 0) is 18.2 Å². The lowest BCUT2D eigenvalue weighted by Crippen LogP contribution is -2.05. The van der Waals surface area contributed by atoms with Crippen molar-refractivity contribution in [2.24, 2.45) is 0 Å². The van der Waals surface area contributed by atoms with Crippen LogP contribution in [0.15, 0.2) is 48.9 Å². The first-order valence-electron chi connectivity index (χ1n) is 4.65. The van der Waals surface area contributed by atoms with Crippen LogP contribution in [0.3, 0.4) is 0 Å². The fourth-order valence-corrected chi connectivity index (χ4v) is 1.86. The third-order valence-electron chi connectivity index (χ3n) is 2.17. The zero-order chi connectivity index (χ0) is 12.4. The molecule has 1 heterocycles. The second-order valence-electron chi connectivity index (χ2n) is 3.28. The summed E-state index contributed by atoms with van der Waals surface area (Å²) in [6.07, 6.45) is 0. The summed E-state index contributed by atoms with van der Waals surface area (Å²) in [5, 5.41) is 8.73. The maximum absolute atomic E-state index is 11.5. The predicted molar refractivity (Wildman–Crippen MR) is 70.1 cm³/mol. The van der Waals surface area contributed by atoms with Gasteiger partial charge in [0.05, 0.1) is 0 Å². The Bertz CT molecular complexity index is 656. The first-order valence-corrected chi connectivity index (χ1v) is 5.89. The molecule has 2 rings (SSSR count). The molecule has 0 bridgehead atoms. The highest BCUT2D eigenvalue weighted by Crippen LogP contribution is 2.23. The van der Waals surface area contributed by atoms with Gasteiger partial charge in [-0.1, -0.05) is 28.1 Å². The van der Waals surface area contributed by atoms with Crippen LogP contribution >= 0.6 is 28.6 Å². The van der Waals surface area contributed by atoms with E-state index < -0.39 is 5.63 Å². The van der Waals surface area contributed by atoms with Crippen molar-refractivity contribution >= 4 is 28.6 Å². The molecule has 0 saturated heterocycles. The van der Waals surface area contributed by atoms with Crippen molar-refractivity contribution < 1.29 is 4.42 Å². The van der Waals surface area contributed by atoms with Crippen LogP contribution in [0.1, 0.15) is 5.56 Å². The number of hydrogen-bond donors (Lipinski definition) is 1. The van der Waals surface area contributed by atoms with Crippen molar-refractivity contribution in [1.29, 1.82) is 5.26 Å². The molecular weight excluding hydrogens is 302 g/mol. The molecule has 1 aromatic heterocycles. The average molecular weight is 308 g/mol. The molecule has 0 aliphatic rings. The maximum atomic E-state index is 11.5. The minimum absolute atomic E-state index is 0.0748. The Labute approximate surface area is 111 Å². The first-order chi connectivity index (χ1) is 8.11. The minimum atomic E-state index is -0.669. The van der Waals surface area contributed by atoms with Crippen LogP contribution in [0.5, 0.6) is 0 Å². The van der Waals surface area contributed by atoms with Gasteiger partial charge in [-0.15, -0.1) is 12.6 Å². The molecule has 1 aromatic carbocycles. The lowest BCUT2D eigenvalue weighted by atomic mass is 10.1. The second kappa shape index (κ2) is 4.78. The zero-order valence-corrected chi connectivity index (χ0v) is 11.0. The third kappa shape index (κ3) is 2.43. The normalized spacial score (nSPS) is 9.94. The number of hydrogen-bond acceptors (Lipinski definition) is 4. The topological polar surface area (TPSA) is 54.0 Å². The SMILES string of the molecule is N#Cc1c(S)cc(-c2ccc(Br)cc2)oc1=O. The molecule has 0 aliphatic heterocycles. The standard InChI is InChI=1S/C12H6BrNO2S/c13-8-3-1-7(2-4-8)10-5-11(17)9(6-14)12(15)16-10/h1-5,17H. The molecule has 0 spiro atoms. The summed E-state index contributed by atoms with van der Waals surface area (Å²) in [6.45, 7) is 0. The van der Waals surface area contributed by atoms with Crippen LogP contribution in [0.25, 0.3) is 11.3 Å². The number of nitrogens with zero attached hydrogens (tertiary/aromatic N) is 1. The largest absolute Gasteiger partial charge is 0.422 e. The molecule has 0 fully saturated rings. The molecule has 17 heavy (non-hydrogen) atoms. The van der Waals surface area contributed by atoms with Crippen molar-refractivity contribution in [3.8, 4) is 17.4 Å². The monoisotopic (exact) mass is 307 g/mol. The van der Waals surface area contributed by atoms with Gasteiger partial charge < -0.3 is 4.42 Å². The summed E-state index contributed by atoms with van der Waals surface area (Å²) < 4.78 is 6.00. The van der Waals surface area contributed by atoms with E-state index in [0.717, 1.165) is 10.0 Å². The Hall–Kier alpha value is -1.51. The van der Waals surface area contributed by atoms with E-state index >= 15 is 0 Å². The van der Waals surface area contributed by atoms with Crippen molar-refractivity contribution in [2.45, 2.75) is 4.90 Å². The molecule has 84 valence electrons. The minimum Gasteiger partial charge on any atom is -0.422 e. The predicted octanol–water partition coefficient (Wildman–Crippen LogP) is 3.23. The van der Waals surface area contributed by atoms with Gasteiger partial charge in [-0.25, -0.2) is 4.79 Å². The Morgan fingerprint density at radius 1 is 1.29 bits per heavy atom. The highest BCUT2D eigenvalue weighted by Gasteiger charge is 2.09. The van der Waals surface area contributed by atoms with E-state index in [0.29, 0.717) is 10.7 Å². The number of benzene rings is 1. The van der Waals surface area contributed by atoms with Gasteiger partial charge in [0.2, 0.25) is 0 Å². The Morgan fingerprint density at radius 3 is 2.47 bits per heavy atom. The second-order valence-corrected chi connectivity index (χ2v) is 4.67. The van der Waals surface area contributed by atoms with Crippen molar-refractivity contribution in [3.05, 3.63) is 50.8 Å². The van der Waals surface area contributed by atoms with Crippen LogP contribution in [0, 0.1) is 11.3 Å². The van der Waals surface area contributed by atoms with Gasteiger partial charge in [0.15, 0.2) is 5.56 Å². The Kier molecular flexibility index (Phi) is 3.36. The Balaban J connectivity index is 2.59. The van der Waals surface area contributed by atoms with E-state index in [9.17, 15) is 4.79 Å². The van der Waals surface area contributed by atoms with E-state index in [2.05, 4.69) is 28.6 Å². The molecule has 0 amide bonds. The molecule has 0 atom stereocenters. The van der Waals surface area contributed by atoms with Gasteiger partial charge >= 0.3 is 5.63 Å². The van der Waals surface area contributed by atoms with E-state index in [1.165, 1.54) is 0 Å². The zero-order valence-electron chi connectivity index (χ0n) is 8.48. The van der Waals surface area contributed by atoms with Crippen molar-refractivity contribution in [1.82, 2.24) is 0 Å². The molecule has 5 heteroatoms. The summed E-state index contributed by atoms with van der Waals surface area (Å²) in [7, 11) is 0. The van der Waals surface area contributed by atoms with Crippen LogP contribution in [0.2, 0.25) is 0 Å². The number of halogens is 1. The highest BCUT2D eigenvalue weighted by molar-refractivity contribution is 9.10. The highest BCUT2D eigenvalue weighted by atomic mass is 79.9. The smallest absolute Gasteiger partial charge is 0.355 e. The fraction of sp³-hybridized carbons (Fsp3) is 0. The molecule has 0 saturated carbocycles. The molecule has 3 nitrogen and oxygen atoms in total. The van der Waals surface area contributed by atoms with Gasteiger partial charge in [0, 0.05) is 14.9 Å². The van der Waals surface area contributed by atoms with Gasteiger partial charge in [-0.3, -0.25) is 0 Å². The molecule has 0 radical (unpaired) electrons. The van der Waals surface area contributed by atoms with Gasteiger partial charge in [0.1, 0.15) is 11.8 Å². The summed E-state index contributed by atoms with van der Waals surface area (Å²) in [5.41, 5.74) is 0.0113. The average Bonchev–Trinajstić information content (AvgIpc) is 2.29. The third-order valence-corrected chi connectivity index (χ3v) is 3.05. The molecule has 0 aliphatic carbocycles. The van der Waals surface area contributed by atoms with E-state index in [4.69, 9.17) is 9.68 Å². The van der Waals surface area contributed by atoms with Crippen LogP contribution < -0.4 is 5.63 Å². The molecule has 2 aromatic rings. The van der Waals surface area contributed by atoms with Crippen LogP contribution in [0.4, 0.5) is 0 Å². The summed E-state index contributed by atoms with van der Waals surface area (Å²) in [4.78, 5) is 11.8. The van der Waals surface area contributed by atoms with E-state index in [1.54, 1.807) is 12.1 Å². The Morgan fingerprint density at radius 2 is 1.94 bits per heavy atom. The van der Waals surface area contributed by atoms with Crippen molar-refractivity contribution in [2.75, 3.05) is 0 Å². The number of nitriles is 1. The molecular formula is C12H6BrNO2S.